The third kappa shape index (κ3) is 3.43. The highest BCUT2D eigenvalue weighted by Gasteiger charge is 2.52. The predicted molar refractivity (Wildman–Crippen MR) is 94.5 cm³/mol. The molecule has 1 saturated heterocycles. The summed E-state index contributed by atoms with van der Waals surface area (Å²) >= 11 is 0. The van der Waals surface area contributed by atoms with Crippen molar-refractivity contribution in [2.75, 3.05) is 38.0 Å². The molecule has 1 aromatic carbocycles. The van der Waals surface area contributed by atoms with Crippen LogP contribution in [0.1, 0.15) is 18.9 Å². The summed E-state index contributed by atoms with van der Waals surface area (Å²) in [6.07, 6.45) is 1.10. The highest BCUT2D eigenvalue weighted by atomic mass is 16.5. The fourth-order valence-electron chi connectivity index (χ4n) is 3.82. The number of rotatable bonds is 1. The monoisotopic (exact) mass is 365 g/mol. The summed E-state index contributed by atoms with van der Waals surface area (Å²) < 4.78 is 4.65. The van der Waals surface area contributed by atoms with Gasteiger partial charge in [-0.25, -0.2) is 14.4 Å². The molecule has 3 rings (SSSR count). The van der Waals surface area contributed by atoms with Crippen molar-refractivity contribution in [3.05, 3.63) is 23.8 Å². The van der Waals surface area contributed by atoms with Crippen LogP contribution in [0, 0.1) is 0 Å². The number of aliphatic carboxylic acids is 2. The summed E-state index contributed by atoms with van der Waals surface area (Å²) in [6.45, 7) is 3.41. The highest BCUT2D eigenvalue weighted by molar-refractivity contribution is 6.27. The number of hydrogen-bond donors (Lipinski definition) is 3. The lowest BCUT2D eigenvalue weighted by molar-refractivity contribution is -0.159. The number of nitrogens with one attached hydrogen (secondary N) is 1. The molecule has 26 heavy (non-hydrogen) atoms. The molecule has 2 heterocycles. The molecule has 0 radical (unpaired) electrons. The number of methoxy groups -OCH3 is 1. The van der Waals surface area contributed by atoms with Crippen LogP contribution in [0.25, 0.3) is 0 Å². The van der Waals surface area contributed by atoms with Crippen LogP contribution in [0.3, 0.4) is 0 Å². The van der Waals surface area contributed by atoms with Crippen molar-refractivity contribution in [2.45, 2.75) is 24.9 Å². The molecular weight excluding hydrogens is 342 g/mol. The SMILES string of the molecule is COC(=O)Nc1ccc2c(c1)C1(C)CCN(C)C1N2C.O=C(O)C(=O)O. The van der Waals surface area contributed by atoms with E-state index in [1.807, 2.05) is 6.07 Å². The summed E-state index contributed by atoms with van der Waals surface area (Å²) in [5.41, 5.74) is 3.47. The molecule has 2 unspecified atom stereocenters. The second-order valence-corrected chi connectivity index (χ2v) is 6.59. The van der Waals surface area contributed by atoms with Crippen LogP contribution >= 0.6 is 0 Å². The van der Waals surface area contributed by atoms with E-state index in [1.54, 1.807) is 0 Å². The third-order valence-corrected chi connectivity index (χ3v) is 4.94. The molecule has 1 amide bonds. The largest absolute Gasteiger partial charge is 0.473 e. The van der Waals surface area contributed by atoms with Crippen molar-refractivity contribution in [2.24, 2.45) is 0 Å². The van der Waals surface area contributed by atoms with Gasteiger partial charge in [-0.1, -0.05) is 6.92 Å². The number of likely N-dealkylation sites (tertiary alicyclic amines) is 1. The van der Waals surface area contributed by atoms with Gasteiger partial charge in [-0.15, -0.1) is 0 Å². The maximum atomic E-state index is 11.4. The second-order valence-electron chi connectivity index (χ2n) is 6.59. The maximum absolute atomic E-state index is 11.4. The molecule has 0 aliphatic carbocycles. The van der Waals surface area contributed by atoms with Crippen molar-refractivity contribution in [1.29, 1.82) is 0 Å². The van der Waals surface area contributed by atoms with E-state index in [0.29, 0.717) is 6.17 Å². The standard InChI is InChI=1S/C15H21N3O2.C2H2O4/c1-15-7-8-17(2)13(15)18(3)12-6-5-10(9-11(12)15)16-14(19)20-4;3-1(4)2(5)6/h5-6,9,13H,7-8H2,1-4H3,(H,16,19);(H,3,4)(H,5,6). The van der Waals surface area contributed by atoms with Crippen LogP contribution in [0.4, 0.5) is 16.2 Å². The highest BCUT2D eigenvalue weighted by Crippen LogP contribution is 2.51. The van der Waals surface area contributed by atoms with Crippen molar-refractivity contribution in [3.63, 3.8) is 0 Å². The predicted octanol–water partition coefficient (Wildman–Crippen LogP) is 1.39. The average molecular weight is 365 g/mol. The first-order chi connectivity index (χ1) is 12.1. The van der Waals surface area contributed by atoms with Gasteiger partial charge in [-0.3, -0.25) is 10.2 Å². The summed E-state index contributed by atoms with van der Waals surface area (Å²) in [7, 11) is 5.69. The molecule has 0 aromatic heterocycles. The van der Waals surface area contributed by atoms with E-state index in [1.165, 1.54) is 18.4 Å². The number of amides is 1. The molecule has 3 N–H and O–H groups in total. The van der Waals surface area contributed by atoms with Gasteiger partial charge in [0.05, 0.1) is 13.3 Å². The molecule has 2 aliphatic heterocycles. The lowest BCUT2D eigenvalue weighted by Gasteiger charge is -2.32. The molecule has 9 heteroatoms. The van der Waals surface area contributed by atoms with Crippen molar-refractivity contribution in [1.82, 2.24) is 4.90 Å². The molecule has 0 bridgehead atoms. The normalized spacial score (nSPS) is 23.4. The Hall–Kier alpha value is -2.81. The van der Waals surface area contributed by atoms with E-state index >= 15 is 0 Å². The number of hydrogen-bond acceptors (Lipinski definition) is 6. The number of benzene rings is 1. The van der Waals surface area contributed by atoms with Crippen molar-refractivity contribution in [3.8, 4) is 0 Å². The molecule has 142 valence electrons. The van der Waals surface area contributed by atoms with Gasteiger partial charge in [0.15, 0.2) is 0 Å². The number of anilines is 2. The zero-order valence-corrected chi connectivity index (χ0v) is 15.1. The average Bonchev–Trinajstić information content (AvgIpc) is 3.01. The minimum atomic E-state index is -1.82. The number of carboxylic acid groups (broad SMARTS) is 2. The fraction of sp³-hybridized carbons (Fsp3) is 0.471. The number of carboxylic acids is 2. The van der Waals surface area contributed by atoms with Crippen molar-refractivity contribution >= 4 is 29.4 Å². The van der Waals surface area contributed by atoms with Gasteiger partial charge >= 0.3 is 18.0 Å². The van der Waals surface area contributed by atoms with Crippen LogP contribution in [-0.4, -0.2) is 67.1 Å². The molecule has 1 fully saturated rings. The number of ether oxygens (including phenoxy) is 1. The summed E-state index contributed by atoms with van der Waals surface area (Å²) in [5, 5.41) is 17.5. The lowest BCUT2D eigenvalue weighted by Crippen LogP contribution is -2.45. The zero-order chi connectivity index (χ0) is 19.6. The molecule has 0 spiro atoms. The second kappa shape index (κ2) is 7.20. The van der Waals surface area contributed by atoms with Crippen LogP contribution in [-0.2, 0) is 19.7 Å². The Kier molecular flexibility index (Phi) is 5.41. The van der Waals surface area contributed by atoms with E-state index in [9.17, 15) is 4.79 Å². The first kappa shape index (κ1) is 19.5. The third-order valence-electron chi connectivity index (χ3n) is 4.94. The molecule has 9 nitrogen and oxygen atoms in total. The van der Waals surface area contributed by atoms with E-state index < -0.39 is 18.0 Å². The van der Waals surface area contributed by atoms with Gasteiger partial charge in [-0.05, 0) is 37.2 Å². The Bertz CT molecular complexity index is 725. The maximum Gasteiger partial charge on any atom is 0.414 e. The van der Waals surface area contributed by atoms with Crippen LogP contribution < -0.4 is 10.2 Å². The summed E-state index contributed by atoms with van der Waals surface area (Å²) in [5.74, 6) is -3.65. The fourth-order valence-corrected chi connectivity index (χ4v) is 3.82. The topological polar surface area (TPSA) is 119 Å². The minimum Gasteiger partial charge on any atom is -0.473 e. The number of fused-ring (bicyclic) bond motifs is 3. The molecule has 2 atom stereocenters. The van der Waals surface area contributed by atoms with E-state index in [-0.39, 0.29) is 5.41 Å². The Labute approximate surface area is 151 Å². The molecule has 1 aromatic rings. The Morgan fingerprint density at radius 2 is 1.85 bits per heavy atom. The minimum absolute atomic E-state index is 0.118. The Balaban J connectivity index is 0.000000352. The summed E-state index contributed by atoms with van der Waals surface area (Å²) in [6, 6.07) is 6.09. The summed E-state index contributed by atoms with van der Waals surface area (Å²) in [4.78, 5) is 34.3. The first-order valence-electron chi connectivity index (χ1n) is 8.00. The van der Waals surface area contributed by atoms with E-state index in [0.717, 1.165) is 18.7 Å². The number of nitrogens with zero attached hydrogens (tertiary/aromatic N) is 2. The smallest absolute Gasteiger partial charge is 0.414 e. The van der Waals surface area contributed by atoms with Crippen LogP contribution in [0.2, 0.25) is 0 Å². The molecule has 2 aliphatic rings. The van der Waals surface area contributed by atoms with Crippen LogP contribution in [0.5, 0.6) is 0 Å². The zero-order valence-electron chi connectivity index (χ0n) is 15.1. The van der Waals surface area contributed by atoms with Crippen LogP contribution in [0.15, 0.2) is 18.2 Å². The first-order valence-corrected chi connectivity index (χ1v) is 8.00. The lowest BCUT2D eigenvalue weighted by atomic mass is 9.81. The van der Waals surface area contributed by atoms with Gasteiger partial charge in [0.2, 0.25) is 0 Å². The molecular formula is C17H23N3O6. The van der Waals surface area contributed by atoms with Gasteiger partial charge in [0.1, 0.15) is 0 Å². The van der Waals surface area contributed by atoms with Gasteiger partial charge in [0, 0.05) is 30.4 Å². The Morgan fingerprint density at radius 1 is 1.23 bits per heavy atom. The van der Waals surface area contributed by atoms with Crippen molar-refractivity contribution < 1.29 is 29.3 Å². The number of carbonyl (C=O) groups is 3. The quantitative estimate of drug-likeness (QED) is 0.639. The van der Waals surface area contributed by atoms with E-state index in [2.05, 4.69) is 53.0 Å². The van der Waals surface area contributed by atoms with Gasteiger partial charge < -0.3 is 19.8 Å². The number of carbonyl (C=O) groups excluding carboxylic acids is 1. The van der Waals surface area contributed by atoms with E-state index in [4.69, 9.17) is 19.8 Å². The number of likely N-dealkylation sites (N-methyl/N-ethyl adjacent to an activating group) is 2. The Morgan fingerprint density at radius 3 is 2.38 bits per heavy atom. The van der Waals surface area contributed by atoms with Gasteiger partial charge in [-0.2, -0.15) is 0 Å². The van der Waals surface area contributed by atoms with Gasteiger partial charge in [0.25, 0.3) is 0 Å². The molecule has 0 saturated carbocycles.